The van der Waals surface area contributed by atoms with Gasteiger partial charge in [0.1, 0.15) is 6.04 Å². The molecule has 4 aromatic rings. The highest BCUT2D eigenvalue weighted by Gasteiger charge is 2.36. The van der Waals surface area contributed by atoms with E-state index in [2.05, 4.69) is 10.3 Å². The second kappa shape index (κ2) is 9.28. The van der Waals surface area contributed by atoms with E-state index in [1.807, 2.05) is 48.5 Å². The lowest BCUT2D eigenvalue weighted by Crippen LogP contribution is -2.46. The fourth-order valence-electron chi connectivity index (χ4n) is 4.61. The fourth-order valence-corrected chi connectivity index (χ4v) is 4.61. The highest BCUT2D eigenvalue weighted by molar-refractivity contribution is 6.13. The first-order valence-electron chi connectivity index (χ1n) is 11.3. The van der Waals surface area contributed by atoms with E-state index in [9.17, 15) is 9.59 Å². The molecule has 1 fully saturated rings. The smallest absolute Gasteiger partial charge is 0.294 e. The number of pyridine rings is 1. The Hall–Kier alpha value is -3.93. The summed E-state index contributed by atoms with van der Waals surface area (Å²) in [5.74, 6) is -0.431. The minimum Gasteiger partial charge on any atom is -0.459 e. The molecular weight excluding hydrogens is 414 g/mol. The summed E-state index contributed by atoms with van der Waals surface area (Å²) < 4.78 is 5.47. The number of anilines is 1. The Labute approximate surface area is 192 Å². The number of nitrogens with one attached hydrogen (secondary N) is 1. The van der Waals surface area contributed by atoms with Gasteiger partial charge in [0.2, 0.25) is 5.91 Å². The van der Waals surface area contributed by atoms with Gasteiger partial charge in [-0.25, -0.2) is 0 Å². The summed E-state index contributed by atoms with van der Waals surface area (Å²) in [6, 6.07) is 19.7. The van der Waals surface area contributed by atoms with Crippen molar-refractivity contribution in [2.45, 2.75) is 37.8 Å². The maximum atomic E-state index is 13.8. The summed E-state index contributed by atoms with van der Waals surface area (Å²) in [7, 11) is 0. The Morgan fingerprint density at radius 1 is 0.970 bits per heavy atom. The van der Waals surface area contributed by atoms with Gasteiger partial charge in [0.05, 0.1) is 12.0 Å². The molecule has 2 aromatic heterocycles. The fraction of sp³-hybridized carbons (Fsp3) is 0.222. The standard InChI is InChI=1S/C27H25N3O3/c31-26(29-21-11-2-3-12-21)25(20-10-6-16-28-18-20)30(27(32)24-15-7-17-33-24)23-14-5-9-19-8-1-4-13-22(19)23/h1,4-10,13-18,21,25H,2-3,11-12H2,(H,29,31). The van der Waals surface area contributed by atoms with Crippen LogP contribution >= 0.6 is 0 Å². The number of nitrogens with zero attached hydrogens (tertiary/aromatic N) is 2. The van der Waals surface area contributed by atoms with Crippen molar-refractivity contribution in [1.82, 2.24) is 10.3 Å². The number of hydrogen-bond acceptors (Lipinski definition) is 4. The molecule has 1 aliphatic carbocycles. The van der Waals surface area contributed by atoms with Gasteiger partial charge in [-0.2, -0.15) is 0 Å². The molecule has 33 heavy (non-hydrogen) atoms. The number of carbonyl (C=O) groups excluding carboxylic acids is 2. The van der Waals surface area contributed by atoms with Crippen LogP contribution in [0.5, 0.6) is 0 Å². The van der Waals surface area contributed by atoms with Crippen molar-refractivity contribution < 1.29 is 14.0 Å². The topological polar surface area (TPSA) is 75.4 Å². The summed E-state index contributed by atoms with van der Waals surface area (Å²) in [4.78, 5) is 33.4. The summed E-state index contributed by atoms with van der Waals surface area (Å²) in [6.45, 7) is 0. The Bertz CT molecular complexity index is 1240. The summed E-state index contributed by atoms with van der Waals surface area (Å²) in [5.41, 5.74) is 1.28. The molecule has 1 unspecified atom stereocenters. The first-order chi connectivity index (χ1) is 16.2. The molecule has 1 aliphatic rings. The zero-order valence-corrected chi connectivity index (χ0v) is 18.2. The Morgan fingerprint density at radius 3 is 2.55 bits per heavy atom. The highest BCUT2D eigenvalue weighted by atomic mass is 16.3. The van der Waals surface area contributed by atoms with Crippen molar-refractivity contribution >= 4 is 28.3 Å². The van der Waals surface area contributed by atoms with Crippen LogP contribution in [0, 0.1) is 0 Å². The molecule has 2 aromatic carbocycles. The minimum absolute atomic E-state index is 0.116. The van der Waals surface area contributed by atoms with Crippen LogP contribution in [0.3, 0.4) is 0 Å². The van der Waals surface area contributed by atoms with E-state index in [0.29, 0.717) is 11.3 Å². The van der Waals surface area contributed by atoms with Gasteiger partial charge in [-0.1, -0.05) is 55.3 Å². The second-order valence-corrected chi connectivity index (χ2v) is 8.33. The summed E-state index contributed by atoms with van der Waals surface area (Å²) in [5, 5.41) is 5.04. The SMILES string of the molecule is O=C(NC1CCCC1)C(c1cccnc1)N(C(=O)c1ccco1)c1cccc2ccccc12. The van der Waals surface area contributed by atoms with Crippen LogP contribution < -0.4 is 10.2 Å². The Morgan fingerprint density at radius 2 is 1.79 bits per heavy atom. The van der Waals surface area contributed by atoms with E-state index in [4.69, 9.17) is 4.42 Å². The first kappa shape index (κ1) is 20.9. The third kappa shape index (κ3) is 4.24. The molecule has 166 valence electrons. The number of hydrogen-bond donors (Lipinski definition) is 1. The predicted molar refractivity (Wildman–Crippen MR) is 127 cm³/mol. The van der Waals surface area contributed by atoms with Crippen molar-refractivity contribution in [3.05, 3.63) is 96.7 Å². The maximum Gasteiger partial charge on any atom is 0.294 e. The molecule has 1 saturated carbocycles. The zero-order chi connectivity index (χ0) is 22.6. The molecule has 1 N–H and O–H groups in total. The van der Waals surface area contributed by atoms with Crippen LogP contribution in [0.4, 0.5) is 5.69 Å². The van der Waals surface area contributed by atoms with Crippen LogP contribution in [0.25, 0.3) is 10.8 Å². The lowest BCUT2D eigenvalue weighted by molar-refractivity contribution is -0.123. The average molecular weight is 440 g/mol. The average Bonchev–Trinajstić information content (AvgIpc) is 3.57. The number of fused-ring (bicyclic) bond motifs is 1. The van der Waals surface area contributed by atoms with E-state index < -0.39 is 6.04 Å². The van der Waals surface area contributed by atoms with Crippen molar-refractivity contribution in [3.8, 4) is 0 Å². The molecule has 0 saturated heterocycles. The van der Waals surface area contributed by atoms with Gasteiger partial charge in [-0.15, -0.1) is 0 Å². The molecule has 2 amide bonds. The van der Waals surface area contributed by atoms with Crippen LogP contribution in [-0.4, -0.2) is 22.8 Å². The molecule has 0 spiro atoms. The molecule has 0 aliphatic heterocycles. The quantitative estimate of drug-likeness (QED) is 0.444. The van der Waals surface area contributed by atoms with E-state index in [0.717, 1.165) is 36.5 Å². The number of amides is 2. The number of rotatable bonds is 6. The molecule has 6 nitrogen and oxygen atoms in total. The minimum atomic E-state index is -0.900. The van der Waals surface area contributed by atoms with Crippen LogP contribution in [-0.2, 0) is 4.79 Å². The predicted octanol–water partition coefficient (Wildman–Crippen LogP) is 5.27. The lowest BCUT2D eigenvalue weighted by atomic mass is 10.0. The maximum absolute atomic E-state index is 13.8. The van der Waals surface area contributed by atoms with Gasteiger partial charge in [0.15, 0.2) is 5.76 Å². The highest BCUT2D eigenvalue weighted by Crippen LogP contribution is 2.35. The largest absolute Gasteiger partial charge is 0.459 e. The number of benzene rings is 2. The lowest BCUT2D eigenvalue weighted by Gasteiger charge is -2.32. The van der Waals surface area contributed by atoms with Crippen molar-refractivity contribution in [1.29, 1.82) is 0 Å². The van der Waals surface area contributed by atoms with Gasteiger partial charge in [0, 0.05) is 29.4 Å². The van der Waals surface area contributed by atoms with Gasteiger partial charge >= 0.3 is 0 Å². The van der Waals surface area contributed by atoms with Crippen LogP contribution in [0.1, 0.15) is 47.8 Å². The van der Waals surface area contributed by atoms with Gasteiger partial charge in [-0.05, 0) is 42.5 Å². The third-order valence-electron chi connectivity index (χ3n) is 6.19. The molecule has 5 rings (SSSR count). The Kier molecular flexibility index (Phi) is 5.89. The van der Waals surface area contributed by atoms with Crippen molar-refractivity contribution in [2.75, 3.05) is 4.90 Å². The zero-order valence-electron chi connectivity index (χ0n) is 18.2. The molecular formula is C27H25N3O3. The number of furan rings is 1. The first-order valence-corrected chi connectivity index (χ1v) is 11.3. The second-order valence-electron chi connectivity index (χ2n) is 8.33. The Balaban J connectivity index is 1.67. The van der Waals surface area contributed by atoms with Gasteiger partial charge in [-0.3, -0.25) is 19.5 Å². The van der Waals surface area contributed by atoms with Crippen LogP contribution in [0.2, 0.25) is 0 Å². The molecule has 0 radical (unpaired) electrons. The van der Waals surface area contributed by atoms with Crippen molar-refractivity contribution in [3.63, 3.8) is 0 Å². The molecule has 1 atom stereocenters. The molecule has 0 bridgehead atoms. The van der Waals surface area contributed by atoms with Crippen LogP contribution in [0.15, 0.2) is 89.8 Å². The van der Waals surface area contributed by atoms with Crippen molar-refractivity contribution in [2.24, 2.45) is 0 Å². The van der Waals surface area contributed by atoms with E-state index >= 15 is 0 Å². The van der Waals surface area contributed by atoms with Gasteiger partial charge < -0.3 is 9.73 Å². The van der Waals surface area contributed by atoms with E-state index in [-0.39, 0.29) is 23.6 Å². The van der Waals surface area contributed by atoms with E-state index in [1.165, 1.54) is 6.26 Å². The summed E-state index contributed by atoms with van der Waals surface area (Å²) >= 11 is 0. The number of aromatic nitrogens is 1. The molecule has 6 heteroatoms. The van der Waals surface area contributed by atoms with E-state index in [1.54, 1.807) is 35.5 Å². The molecule has 2 heterocycles. The normalized spacial score (nSPS) is 14.8. The number of carbonyl (C=O) groups is 2. The third-order valence-corrected chi connectivity index (χ3v) is 6.19. The summed E-state index contributed by atoms with van der Waals surface area (Å²) in [6.07, 6.45) is 8.87. The van der Waals surface area contributed by atoms with Gasteiger partial charge in [0.25, 0.3) is 5.91 Å². The monoisotopic (exact) mass is 439 g/mol.